The van der Waals surface area contributed by atoms with Crippen LogP contribution in [0.4, 0.5) is 0 Å². The minimum Gasteiger partial charge on any atom is -0.326 e. The van der Waals surface area contributed by atoms with Gasteiger partial charge < -0.3 is 5.73 Å². The van der Waals surface area contributed by atoms with Gasteiger partial charge >= 0.3 is 0 Å². The maximum atomic E-state index is 5.91. The third kappa shape index (κ3) is 8.02. The lowest BCUT2D eigenvalue weighted by molar-refractivity contribution is 0.310. The van der Waals surface area contributed by atoms with E-state index in [-0.39, 0.29) is 5.54 Å². The fraction of sp³-hybridized carbons (Fsp3) is 0.667. The van der Waals surface area contributed by atoms with Crippen LogP contribution in [0.15, 0.2) is 25.3 Å². The first-order chi connectivity index (χ1) is 6.49. The van der Waals surface area contributed by atoms with E-state index in [0.717, 1.165) is 32.5 Å². The highest BCUT2D eigenvalue weighted by atomic mass is 15.1. The van der Waals surface area contributed by atoms with Crippen LogP contribution in [-0.2, 0) is 0 Å². The lowest BCUT2D eigenvalue weighted by atomic mass is 10.00. The van der Waals surface area contributed by atoms with E-state index in [2.05, 4.69) is 31.9 Å². The van der Waals surface area contributed by atoms with Crippen LogP contribution in [0.1, 0.15) is 26.7 Å². The molecule has 0 spiro atoms. The van der Waals surface area contributed by atoms with Gasteiger partial charge in [-0.1, -0.05) is 12.2 Å². The molecule has 0 heterocycles. The van der Waals surface area contributed by atoms with Crippen molar-refractivity contribution in [1.29, 1.82) is 0 Å². The Morgan fingerprint density at radius 1 is 1.21 bits per heavy atom. The van der Waals surface area contributed by atoms with Crippen LogP contribution in [0, 0.1) is 0 Å². The molecule has 2 heteroatoms. The number of rotatable bonds is 8. The van der Waals surface area contributed by atoms with Gasteiger partial charge in [-0.3, -0.25) is 4.90 Å². The molecule has 0 aromatic carbocycles. The third-order valence-electron chi connectivity index (χ3n) is 2.07. The topological polar surface area (TPSA) is 29.3 Å². The summed E-state index contributed by atoms with van der Waals surface area (Å²) >= 11 is 0. The fourth-order valence-corrected chi connectivity index (χ4v) is 1.38. The van der Waals surface area contributed by atoms with Crippen molar-refractivity contribution in [3.63, 3.8) is 0 Å². The average Bonchev–Trinajstić information content (AvgIpc) is 2.02. The Kier molecular flexibility index (Phi) is 6.50. The van der Waals surface area contributed by atoms with Crippen molar-refractivity contribution in [1.82, 2.24) is 4.90 Å². The molecule has 0 aliphatic rings. The van der Waals surface area contributed by atoms with Crippen LogP contribution >= 0.6 is 0 Å². The smallest absolute Gasteiger partial charge is 0.0163 e. The fourth-order valence-electron chi connectivity index (χ4n) is 1.38. The highest BCUT2D eigenvalue weighted by Gasteiger charge is 2.10. The molecular formula is C12H24N2. The molecule has 2 nitrogen and oxygen atoms in total. The zero-order chi connectivity index (χ0) is 11.0. The summed E-state index contributed by atoms with van der Waals surface area (Å²) in [7, 11) is 0. The molecule has 0 rings (SSSR count). The summed E-state index contributed by atoms with van der Waals surface area (Å²) in [5, 5.41) is 0. The number of hydrogen-bond acceptors (Lipinski definition) is 2. The van der Waals surface area contributed by atoms with Crippen molar-refractivity contribution in [2.24, 2.45) is 5.73 Å². The van der Waals surface area contributed by atoms with Crippen molar-refractivity contribution >= 4 is 0 Å². The summed E-state index contributed by atoms with van der Waals surface area (Å²) in [4.78, 5) is 2.31. The molecule has 0 fully saturated rings. The summed E-state index contributed by atoms with van der Waals surface area (Å²) in [6.45, 7) is 14.5. The van der Waals surface area contributed by atoms with Crippen LogP contribution in [0.25, 0.3) is 0 Å². The summed E-state index contributed by atoms with van der Waals surface area (Å²) in [6, 6.07) is 0. The Morgan fingerprint density at radius 3 is 2.07 bits per heavy atom. The van der Waals surface area contributed by atoms with Gasteiger partial charge in [-0.2, -0.15) is 0 Å². The van der Waals surface area contributed by atoms with Gasteiger partial charge in [0.25, 0.3) is 0 Å². The molecule has 0 aromatic heterocycles. The number of nitrogens with zero attached hydrogens (tertiary/aromatic N) is 1. The molecule has 0 radical (unpaired) electrons. The van der Waals surface area contributed by atoms with Gasteiger partial charge in [-0.05, 0) is 33.2 Å². The van der Waals surface area contributed by atoms with Gasteiger partial charge in [0, 0.05) is 18.6 Å². The van der Waals surface area contributed by atoms with Crippen molar-refractivity contribution < 1.29 is 0 Å². The highest BCUT2D eigenvalue weighted by Crippen LogP contribution is 2.07. The van der Waals surface area contributed by atoms with Gasteiger partial charge in [0.15, 0.2) is 0 Å². The van der Waals surface area contributed by atoms with E-state index in [1.807, 2.05) is 12.2 Å². The molecule has 0 aliphatic heterocycles. The van der Waals surface area contributed by atoms with E-state index in [9.17, 15) is 0 Å². The van der Waals surface area contributed by atoms with Crippen LogP contribution in [0.2, 0.25) is 0 Å². The lowest BCUT2D eigenvalue weighted by Gasteiger charge is -2.22. The van der Waals surface area contributed by atoms with E-state index in [4.69, 9.17) is 5.73 Å². The SMILES string of the molecule is C=CCN(CC=C)CCCC(C)(C)N. The van der Waals surface area contributed by atoms with Crippen molar-refractivity contribution in [3.05, 3.63) is 25.3 Å². The Hall–Kier alpha value is -0.600. The zero-order valence-corrected chi connectivity index (χ0v) is 9.63. The minimum absolute atomic E-state index is 0.0476. The molecule has 0 saturated carbocycles. The first-order valence-electron chi connectivity index (χ1n) is 5.22. The lowest BCUT2D eigenvalue weighted by Crippen LogP contribution is -2.33. The molecule has 0 aromatic rings. The second-order valence-electron chi connectivity index (χ2n) is 4.43. The normalized spacial score (nSPS) is 11.7. The maximum Gasteiger partial charge on any atom is 0.0163 e. The monoisotopic (exact) mass is 196 g/mol. The van der Waals surface area contributed by atoms with Gasteiger partial charge in [0.1, 0.15) is 0 Å². The van der Waals surface area contributed by atoms with Gasteiger partial charge in [0.2, 0.25) is 0 Å². The molecule has 14 heavy (non-hydrogen) atoms. The van der Waals surface area contributed by atoms with Gasteiger partial charge in [-0.15, -0.1) is 13.2 Å². The molecule has 82 valence electrons. The molecule has 0 bridgehead atoms. The Morgan fingerprint density at radius 2 is 1.71 bits per heavy atom. The summed E-state index contributed by atoms with van der Waals surface area (Å²) in [5.74, 6) is 0. The summed E-state index contributed by atoms with van der Waals surface area (Å²) in [5.41, 5.74) is 5.86. The summed E-state index contributed by atoms with van der Waals surface area (Å²) in [6.07, 6.45) is 6.04. The van der Waals surface area contributed by atoms with Gasteiger partial charge in [0.05, 0.1) is 0 Å². The van der Waals surface area contributed by atoms with Crippen LogP contribution in [0.5, 0.6) is 0 Å². The minimum atomic E-state index is -0.0476. The molecule has 0 amide bonds. The quantitative estimate of drug-likeness (QED) is 0.603. The molecule has 0 atom stereocenters. The average molecular weight is 196 g/mol. The standard InChI is InChI=1S/C12H24N2/c1-5-9-14(10-6-2)11-7-8-12(3,4)13/h5-6H,1-2,7-11,13H2,3-4H3. The van der Waals surface area contributed by atoms with Crippen LogP contribution < -0.4 is 5.73 Å². The second-order valence-corrected chi connectivity index (χ2v) is 4.43. The molecule has 2 N–H and O–H groups in total. The van der Waals surface area contributed by atoms with Gasteiger partial charge in [-0.25, -0.2) is 0 Å². The molecular weight excluding hydrogens is 172 g/mol. The van der Waals surface area contributed by atoms with E-state index in [0.29, 0.717) is 0 Å². The first kappa shape index (κ1) is 13.4. The Bertz CT molecular complexity index is 158. The predicted molar refractivity (Wildman–Crippen MR) is 64.3 cm³/mol. The van der Waals surface area contributed by atoms with Crippen LogP contribution in [0.3, 0.4) is 0 Å². The third-order valence-corrected chi connectivity index (χ3v) is 2.07. The Labute approximate surface area is 88.5 Å². The largest absolute Gasteiger partial charge is 0.326 e. The zero-order valence-electron chi connectivity index (χ0n) is 9.63. The van der Waals surface area contributed by atoms with Crippen LogP contribution in [-0.4, -0.2) is 30.1 Å². The van der Waals surface area contributed by atoms with E-state index < -0.39 is 0 Å². The number of hydrogen-bond donors (Lipinski definition) is 1. The maximum absolute atomic E-state index is 5.91. The first-order valence-corrected chi connectivity index (χ1v) is 5.22. The van der Waals surface area contributed by atoms with Crippen molar-refractivity contribution in [2.45, 2.75) is 32.2 Å². The van der Waals surface area contributed by atoms with Crippen molar-refractivity contribution in [2.75, 3.05) is 19.6 Å². The summed E-state index contributed by atoms with van der Waals surface area (Å²) < 4.78 is 0. The Balaban J connectivity index is 3.70. The number of nitrogens with two attached hydrogens (primary N) is 1. The van der Waals surface area contributed by atoms with Crippen molar-refractivity contribution in [3.8, 4) is 0 Å². The highest BCUT2D eigenvalue weighted by molar-refractivity contribution is 4.80. The molecule has 0 saturated heterocycles. The molecule has 0 unspecified atom stereocenters. The predicted octanol–water partition coefficient (Wildman–Crippen LogP) is 2.18. The van der Waals surface area contributed by atoms with E-state index in [1.54, 1.807) is 0 Å². The second kappa shape index (κ2) is 6.80. The molecule has 0 aliphatic carbocycles. The van der Waals surface area contributed by atoms with E-state index in [1.165, 1.54) is 0 Å². The van der Waals surface area contributed by atoms with E-state index >= 15 is 0 Å².